The van der Waals surface area contributed by atoms with E-state index in [2.05, 4.69) is 19.2 Å². The van der Waals surface area contributed by atoms with E-state index in [1.54, 1.807) is 0 Å². The van der Waals surface area contributed by atoms with E-state index in [9.17, 15) is 9.59 Å². The van der Waals surface area contributed by atoms with Gasteiger partial charge < -0.3 is 19.7 Å². The molecule has 0 aliphatic heterocycles. The van der Waals surface area contributed by atoms with Gasteiger partial charge in [-0.3, -0.25) is 9.59 Å². The van der Waals surface area contributed by atoms with Crippen LogP contribution in [0.3, 0.4) is 0 Å². The molecule has 0 fully saturated rings. The van der Waals surface area contributed by atoms with Crippen molar-refractivity contribution in [1.29, 1.82) is 0 Å². The zero-order chi connectivity index (χ0) is 15.4. The molecule has 0 unspecified atom stereocenters. The van der Waals surface area contributed by atoms with Crippen molar-refractivity contribution in [2.75, 3.05) is 13.2 Å². The molecule has 0 heterocycles. The highest BCUT2D eigenvalue weighted by Gasteiger charge is 2.12. The fraction of sp³-hybridized carbons (Fsp3) is 0.333. The summed E-state index contributed by atoms with van der Waals surface area (Å²) in [4.78, 5) is 27.7. The summed E-state index contributed by atoms with van der Waals surface area (Å²) in [6.07, 6.45) is 1.46. The van der Waals surface area contributed by atoms with Crippen molar-refractivity contribution in [1.82, 2.24) is 0 Å². The van der Waals surface area contributed by atoms with Crippen LogP contribution in [-0.2, 0) is 19.1 Å². The van der Waals surface area contributed by atoms with Gasteiger partial charge in [0.2, 0.25) is 0 Å². The number of hydrogen-bond acceptors (Lipinski definition) is 6. The van der Waals surface area contributed by atoms with Crippen LogP contribution >= 0.6 is 0 Å². The number of hydrogen-bond donors (Lipinski definition) is 2. The molecule has 0 aliphatic rings. The second-order valence-electron chi connectivity index (χ2n) is 3.23. The predicted octanol–water partition coefficient (Wildman–Crippen LogP) is 1.49. The molecule has 0 saturated heterocycles. The lowest BCUT2D eigenvalue weighted by molar-refractivity contribution is -0.141. The molecular weight excluding hydrogens is 268 g/mol. The minimum atomic E-state index is -0.932. The molecule has 20 heavy (non-hydrogen) atoms. The number of aliphatic hydroxyl groups excluding tert-OH is 2. The highest BCUT2D eigenvalue weighted by molar-refractivity contribution is 5.90. The van der Waals surface area contributed by atoms with E-state index >= 15 is 0 Å². The maximum absolute atomic E-state index is 11.1. The summed E-state index contributed by atoms with van der Waals surface area (Å²) in [6, 6.07) is 0. The zero-order valence-electron chi connectivity index (χ0n) is 10.4. The van der Waals surface area contributed by atoms with Crippen molar-refractivity contribution < 1.29 is 29.3 Å². The molecular formula is C12H12N2O6. The van der Waals surface area contributed by atoms with Gasteiger partial charge in [-0.25, -0.2) is 9.69 Å². The number of carbonyl (C=O) groups excluding carboxylic acids is 2. The van der Waals surface area contributed by atoms with Gasteiger partial charge in [0, 0.05) is 0 Å². The molecule has 2 N–H and O–H groups in total. The largest absolute Gasteiger partial charge is 0.526 e. The number of rotatable bonds is 7. The van der Waals surface area contributed by atoms with Crippen LogP contribution in [0.25, 0.3) is 9.69 Å². The first-order valence-electron chi connectivity index (χ1n) is 5.38. The highest BCUT2D eigenvalue weighted by atomic mass is 16.5. The Morgan fingerprint density at radius 3 is 1.50 bits per heavy atom. The molecule has 0 rings (SSSR count). The standard InChI is InChI=1S/C12H12N2O6/c1-13-9(7-15)11(17)19-5-3-4-6-20-12(18)10(8-16)14-2/h7-8,15-16H,3-6H2. The summed E-state index contributed by atoms with van der Waals surface area (Å²) >= 11 is 0. The Kier molecular flexibility index (Phi) is 8.48. The van der Waals surface area contributed by atoms with E-state index in [-0.39, 0.29) is 13.2 Å². The van der Waals surface area contributed by atoms with Gasteiger partial charge in [0.15, 0.2) is 0 Å². The Bertz CT molecular complexity index is 449. The normalized spacial score (nSPS) is 11.1. The van der Waals surface area contributed by atoms with Crippen LogP contribution in [0.5, 0.6) is 0 Å². The lowest BCUT2D eigenvalue weighted by atomic mass is 10.3. The zero-order valence-corrected chi connectivity index (χ0v) is 10.4. The molecule has 0 aliphatic carbocycles. The highest BCUT2D eigenvalue weighted by Crippen LogP contribution is 2.02. The summed E-state index contributed by atoms with van der Waals surface area (Å²) in [5, 5.41) is 17.0. The number of aliphatic hydroxyl groups is 2. The van der Waals surface area contributed by atoms with E-state index in [1.807, 2.05) is 0 Å². The van der Waals surface area contributed by atoms with E-state index < -0.39 is 23.3 Å². The van der Waals surface area contributed by atoms with Crippen molar-refractivity contribution in [3.63, 3.8) is 0 Å². The summed E-state index contributed by atoms with van der Waals surface area (Å²) in [5.41, 5.74) is -1.04. The van der Waals surface area contributed by atoms with Crippen LogP contribution in [0.2, 0.25) is 0 Å². The Hall–Kier alpha value is -3.00. The molecule has 0 amide bonds. The summed E-state index contributed by atoms with van der Waals surface area (Å²) in [7, 11) is 0. The first-order valence-corrected chi connectivity index (χ1v) is 5.38. The molecule has 8 nitrogen and oxygen atoms in total. The quantitative estimate of drug-likeness (QED) is 0.241. The van der Waals surface area contributed by atoms with Crippen LogP contribution in [-0.4, -0.2) is 35.4 Å². The second kappa shape index (κ2) is 9.97. The molecule has 0 bridgehead atoms. The molecule has 0 aromatic carbocycles. The number of carbonyl (C=O) groups is 2. The van der Waals surface area contributed by atoms with Crippen molar-refractivity contribution in [2.45, 2.75) is 12.8 Å². The molecule has 0 spiro atoms. The lowest BCUT2D eigenvalue weighted by Gasteiger charge is -2.04. The average Bonchev–Trinajstić information content (AvgIpc) is 2.45. The Balaban J connectivity index is 3.81. The van der Waals surface area contributed by atoms with E-state index in [1.165, 1.54) is 0 Å². The van der Waals surface area contributed by atoms with Crippen molar-refractivity contribution in [3.8, 4) is 0 Å². The number of nitrogens with zero attached hydrogens (tertiary/aromatic N) is 2. The van der Waals surface area contributed by atoms with Gasteiger partial charge in [-0.05, 0) is 12.8 Å². The first-order chi connectivity index (χ1) is 9.60. The average molecular weight is 280 g/mol. The molecule has 8 heteroatoms. The SMILES string of the molecule is [C-]#[N+]C(=CO)C(=O)OCCCCOC(=O)C(=CO)[N+]#[C-]. The van der Waals surface area contributed by atoms with Gasteiger partial charge in [-0.15, -0.1) is 0 Å². The molecule has 0 aromatic heterocycles. The maximum atomic E-state index is 11.1. The van der Waals surface area contributed by atoms with Gasteiger partial charge in [-0.1, -0.05) is 0 Å². The van der Waals surface area contributed by atoms with E-state index in [0.717, 1.165) is 0 Å². The number of unbranched alkanes of at least 4 members (excludes halogenated alkanes) is 1. The topological polar surface area (TPSA) is 102 Å². The fourth-order valence-corrected chi connectivity index (χ4v) is 0.936. The Labute approximate surface area is 115 Å². The first kappa shape index (κ1) is 17.0. The van der Waals surface area contributed by atoms with Crippen LogP contribution in [0.4, 0.5) is 0 Å². The maximum Gasteiger partial charge on any atom is 0.339 e. The Morgan fingerprint density at radius 1 is 0.900 bits per heavy atom. The smallest absolute Gasteiger partial charge is 0.339 e. The van der Waals surface area contributed by atoms with E-state index in [0.29, 0.717) is 25.4 Å². The Morgan fingerprint density at radius 2 is 1.25 bits per heavy atom. The molecule has 106 valence electrons. The van der Waals surface area contributed by atoms with Gasteiger partial charge >= 0.3 is 23.3 Å². The van der Waals surface area contributed by atoms with Crippen LogP contribution in [0.15, 0.2) is 23.9 Å². The van der Waals surface area contributed by atoms with Crippen LogP contribution in [0, 0.1) is 13.1 Å². The summed E-state index contributed by atoms with van der Waals surface area (Å²) in [6.45, 7) is 13.1. The minimum Gasteiger partial charge on any atom is -0.526 e. The van der Waals surface area contributed by atoms with Gasteiger partial charge in [-0.2, -0.15) is 0 Å². The van der Waals surface area contributed by atoms with Gasteiger partial charge in [0.05, 0.1) is 38.9 Å². The lowest BCUT2D eigenvalue weighted by Crippen LogP contribution is -2.10. The summed E-state index contributed by atoms with van der Waals surface area (Å²) < 4.78 is 9.32. The van der Waals surface area contributed by atoms with Crippen molar-refractivity contribution >= 4 is 11.9 Å². The second-order valence-corrected chi connectivity index (χ2v) is 3.23. The third-order valence-corrected chi connectivity index (χ3v) is 1.91. The van der Waals surface area contributed by atoms with Gasteiger partial charge in [0.25, 0.3) is 0 Å². The number of esters is 2. The molecule has 0 radical (unpaired) electrons. The summed E-state index contributed by atoms with van der Waals surface area (Å²) in [5.74, 6) is -1.86. The third kappa shape index (κ3) is 6.07. The van der Waals surface area contributed by atoms with E-state index in [4.69, 9.17) is 23.4 Å². The monoisotopic (exact) mass is 280 g/mol. The third-order valence-electron chi connectivity index (χ3n) is 1.91. The van der Waals surface area contributed by atoms with Crippen molar-refractivity contribution in [3.05, 3.63) is 46.8 Å². The number of ether oxygens (including phenoxy) is 2. The van der Waals surface area contributed by atoms with Gasteiger partial charge in [0.1, 0.15) is 0 Å². The molecule has 0 aromatic rings. The molecule has 0 saturated carbocycles. The molecule has 0 atom stereocenters. The van der Waals surface area contributed by atoms with Crippen LogP contribution < -0.4 is 0 Å². The van der Waals surface area contributed by atoms with Crippen molar-refractivity contribution in [2.24, 2.45) is 0 Å². The predicted molar refractivity (Wildman–Crippen MR) is 65.8 cm³/mol. The minimum absolute atomic E-state index is 0.00520. The fourth-order valence-electron chi connectivity index (χ4n) is 0.936. The van der Waals surface area contributed by atoms with Crippen LogP contribution in [0.1, 0.15) is 12.8 Å².